The lowest BCUT2D eigenvalue weighted by atomic mass is 9.66. The van der Waals surface area contributed by atoms with Gasteiger partial charge >= 0.3 is 0 Å². The first kappa shape index (κ1) is 14.3. The monoisotopic (exact) mass is 272 g/mol. The van der Waals surface area contributed by atoms with Crippen molar-refractivity contribution in [2.24, 2.45) is 29.6 Å². The second-order valence-corrected chi connectivity index (χ2v) is 7.51. The van der Waals surface area contributed by atoms with Gasteiger partial charge in [-0.1, -0.05) is 6.92 Å². The Labute approximate surface area is 112 Å². The third-order valence-corrected chi connectivity index (χ3v) is 6.85. The van der Waals surface area contributed by atoms with Crippen LogP contribution in [0.1, 0.15) is 51.9 Å². The zero-order valence-corrected chi connectivity index (χ0v) is 13.7. The molecule has 0 aliphatic heterocycles. The molecule has 2 saturated carbocycles. The van der Waals surface area contributed by atoms with Gasteiger partial charge in [0.1, 0.15) is 0 Å². The Hall–Kier alpha value is 0.860. The van der Waals surface area contributed by atoms with E-state index in [-0.39, 0.29) is 0 Å². The zero-order valence-electron chi connectivity index (χ0n) is 11.4. The van der Waals surface area contributed by atoms with Crippen molar-refractivity contribution in [1.82, 2.24) is 0 Å². The molecule has 0 spiro atoms. The predicted octanol–water partition coefficient (Wildman–Crippen LogP) is 4.60. The van der Waals surface area contributed by atoms with Gasteiger partial charge in [0.15, 0.2) is 0 Å². The van der Waals surface area contributed by atoms with Crippen LogP contribution in [0.5, 0.6) is 0 Å². The van der Waals surface area contributed by atoms with Crippen molar-refractivity contribution >= 4 is 18.5 Å². The highest BCUT2D eigenvalue weighted by atomic mass is 31.0. The molecule has 0 heterocycles. The van der Waals surface area contributed by atoms with Crippen LogP contribution in [-0.4, -0.2) is 12.3 Å². The summed E-state index contributed by atoms with van der Waals surface area (Å²) in [5, 5.41) is 0. The van der Waals surface area contributed by atoms with Crippen LogP contribution in [0.25, 0.3) is 0 Å². The minimum Gasteiger partial charge on any atom is -0.137 e. The van der Waals surface area contributed by atoms with Gasteiger partial charge in [0.05, 0.1) is 0 Å². The first-order valence-corrected chi connectivity index (χ1v) is 9.28. The standard InChI is InChI=1S/C15H30P2/c1-11-8-14(6-7-15(11)10-17)13-4-2-12(9-16)3-5-13/h11-15H,2-10,16-17H2,1H3/t11?,12?,13?,14?,15-/m0/s1. The first-order chi connectivity index (χ1) is 8.24. The Morgan fingerprint density at radius 3 is 2.00 bits per heavy atom. The average Bonchev–Trinajstić information content (AvgIpc) is 2.39. The Morgan fingerprint density at radius 2 is 1.47 bits per heavy atom. The van der Waals surface area contributed by atoms with Gasteiger partial charge in [-0.3, -0.25) is 0 Å². The Bertz CT molecular complexity index is 221. The van der Waals surface area contributed by atoms with Gasteiger partial charge in [0, 0.05) is 0 Å². The second kappa shape index (κ2) is 6.86. The fourth-order valence-corrected chi connectivity index (χ4v) is 5.35. The van der Waals surface area contributed by atoms with E-state index in [0.29, 0.717) is 0 Å². The first-order valence-electron chi connectivity index (χ1n) is 7.64. The maximum absolute atomic E-state index is 2.96. The summed E-state index contributed by atoms with van der Waals surface area (Å²) in [5.74, 6) is 5.15. The summed E-state index contributed by atoms with van der Waals surface area (Å²) in [4.78, 5) is 0. The number of hydrogen-bond acceptors (Lipinski definition) is 0. The molecule has 0 saturated heterocycles. The summed E-state index contributed by atoms with van der Waals surface area (Å²) >= 11 is 0. The van der Waals surface area contributed by atoms with Crippen molar-refractivity contribution in [2.45, 2.75) is 51.9 Å². The predicted molar refractivity (Wildman–Crippen MR) is 84.6 cm³/mol. The van der Waals surface area contributed by atoms with Crippen LogP contribution in [0.15, 0.2) is 0 Å². The van der Waals surface area contributed by atoms with Crippen LogP contribution < -0.4 is 0 Å². The fraction of sp³-hybridized carbons (Fsp3) is 1.00. The molecular formula is C15H30P2. The molecular weight excluding hydrogens is 242 g/mol. The van der Waals surface area contributed by atoms with E-state index >= 15 is 0 Å². The van der Waals surface area contributed by atoms with Crippen LogP contribution in [0.3, 0.4) is 0 Å². The molecule has 0 aromatic carbocycles. The molecule has 0 radical (unpaired) electrons. The molecule has 0 nitrogen and oxygen atoms in total. The van der Waals surface area contributed by atoms with Gasteiger partial charge in [-0.2, -0.15) is 0 Å². The Kier molecular flexibility index (Phi) is 5.76. The molecule has 5 atom stereocenters. The SMILES string of the molecule is CC1CC(C2CCC(CP)CC2)CC[C@H]1CP. The molecule has 0 aromatic heterocycles. The van der Waals surface area contributed by atoms with Crippen molar-refractivity contribution in [1.29, 1.82) is 0 Å². The summed E-state index contributed by atoms with van der Waals surface area (Å²) < 4.78 is 0. The second-order valence-electron chi connectivity index (χ2n) is 6.56. The van der Waals surface area contributed by atoms with Gasteiger partial charge in [0.25, 0.3) is 0 Å². The smallest absolute Gasteiger partial charge is 0.0350 e. The third-order valence-electron chi connectivity index (χ3n) is 5.58. The molecule has 0 amide bonds. The number of rotatable bonds is 3. The largest absolute Gasteiger partial charge is 0.137 e. The van der Waals surface area contributed by atoms with Gasteiger partial charge in [-0.25, -0.2) is 0 Å². The molecule has 2 aliphatic carbocycles. The van der Waals surface area contributed by atoms with Crippen LogP contribution in [0, 0.1) is 29.6 Å². The molecule has 2 fully saturated rings. The minimum atomic E-state index is 0.978. The molecule has 0 N–H and O–H groups in total. The summed E-state index contributed by atoms with van der Waals surface area (Å²) in [6.07, 6.45) is 13.3. The van der Waals surface area contributed by atoms with E-state index in [2.05, 4.69) is 25.4 Å². The van der Waals surface area contributed by atoms with Crippen molar-refractivity contribution in [3.05, 3.63) is 0 Å². The molecule has 4 unspecified atom stereocenters. The van der Waals surface area contributed by atoms with E-state index in [1.165, 1.54) is 57.3 Å². The fourth-order valence-electron chi connectivity index (χ4n) is 4.17. The molecule has 0 aromatic rings. The van der Waals surface area contributed by atoms with Crippen LogP contribution in [0.4, 0.5) is 0 Å². The normalized spacial score (nSPS) is 43.6. The van der Waals surface area contributed by atoms with Gasteiger partial charge in [-0.15, -0.1) is 18.5 Å². The zero-order chi connectivity index (χ0) is 12.3. The highest BCUT2D eigenvalue weighted by Gasteiger charge is 2.33. The lowest BCUT2D eigenvalue weighted by Crippen LogP contribution is -2.30. The van der Waals surface area contributed by atoms with Crippen molar-refractivity contribution in [3.8, 4) is 0 Å². The Balaban J connectivity index is 1.80. The van der Waals surface area contributed by atoms with E-state index in [1.54, 1.807) is 0 Å². The highest BCUT2D eigenvalue weighted by molar-refractivity contribution is 7.16. The van der Waals surface area contributed by atoms with Gasteiger partial charge < -0.3 is 0 Å². The summed E-state index contributed by atoms with van der Waals surface area (Å²) in [6.45, 7) is 2.50. The van der Waals surface area contributed by atoms with E-state index in [0.717, 1.165) is 29.6 Å². The van der Waals surface area contributed by atoms with Gasteiger partial charge in [-0.05, 0) is 86.9 Å². The molecule has 17 heavy (non-hydrogen) atoms. The molecule has 100 valence electrons. The van der Waals surface area contributed by atoms with E-state index in [9.17, 15) is 0 Å². The van der Waals surface area contributed by atoms with Crippen LogP contribution in [0.2, 0.25) is 0 Å². The lowest BCUT2D eigenvalue weighted by molar-refractivity contribution is 0.122. The van der Waals surface area contributed by atoms with Crippen LogP contribution in [-0.2, 0) is 0 Å². The van der Waals surface area contributed by atoms with E-state index in [1.807, 2.05) is 0 Å². The van der Waals surface area contributed by atoms with Crippen molar-refractivity contribution < 1.29 is 0 Å². The van der Waals surface area contributed by atoms with E-state index < -0.39 is 0 Å². The topological polar surface area (TPSA) is 0 Å². The van der Waals surface area contributed by atoms with Crippen molar-refractivity contribution in [2.75, 3.05) is 12.3 Å². The highest BCUT2D eigenvalue weighted by Crippen LogP contribution is 2.43. The quantitative estimate of drug-likeness (QED) is 0.659. The molecule has 2 heteroatoms. The summed E-state index contributed by atoms with van der Waals surface area (Å²) in [7, 11) is 5.90. The lowest BCUT2D eigenvalue weighted by Gasteiger charge is -2.40. The van der Waals surface area contributed by atoms with E-state index in [4.69, 9.17) is 0 Å². The number of hydrogen-bond donors (Lipinski definition) is 0. The minimum absolute atomic E-state index is 0.978. The molecule has 0 bridgehead atoms. The summed E-state index contributed by atoms with van der Waals surface area (Å²) in [6, 6.07) is 0. The molecule has 2 aliphatic rings. The third kappa shape index (κ3) is 3.67. The van der Waals surface area contributed by atoms with Gasteiger partial charge in [0.2, 0.25) is 0 Å². The maximum atomic E-state index is 2.96. The average molecular weight is 272 g/mol. The Morgan fingerprint density at radius 1 is 0.824 bits per heavy atom. The van der Waals surface area contributed by atoms with Crippen LogP contribution >= 0.6 is 18.5 Å². The maximum Gasteiger partial charge on any atom is -0.0350 e. The molecule has 2 rings (SSSR count). The summed E-state index contributed by atoms with van der Waals surface area (Å²) in [5.41, 5.74) is 0. The van der Waals surface area contributed by atoms with Crippen molar-refractivity contribution in [3.63, 3.8) is 0 Å².